The molecule has 3 aromatic rings. The lowest BCUT2D eigenvalue weighted by molar-refractivity contribution is 0.0807. The molecule has 0 atom stereocenters. The molecule has 156 valence electrons. The second kappa shape index (κ2) is 10.3. The topological polar surface area (TPSA) is 51.7 Å². The first-order chi connectivity index (χ1) is 14.8. The van der Waals surface area contributed by atoms with Crippen LogP contribution in [0.2, 0.25) is 0 Å². The second-order valence-corrected chi connectivity index (χ2v) is 8.45. The number of piperidine rings is 1. The molecule has 2 heterocycles. The van der Waals surface area contributed by atoms with Crippen molar-refractivity contribution in [1.82, 2.24) is 9.88 Å². The van der Waals surface area contributed by atoms with Crippen LogP contribution in [-0.4, -0.2) is 35.7 Å². The molecule has 1 aliphatic rings. The van der Waals surface area contributed by atoms with E-state index in [1.165, 1.54) is 22.5 Å². The number of carbonyl (C=O) groups is 1. The average molecular weight is 423 g/mol. The lowest BCUT2D eigenvalue weighted by Gasteiger charge is -2.31. The van der Waals surface area contributed by atoms with E-state index < -0.39 is 0 Å². The van der Waals surface area contributed by atoms with E-state index in [2.05, 4.69) is 29.2 Å². The summed E-state index contributed by atoms with van der Waals surface area (Å²) < 4.78 is 11.4. The molecule has 0 saturated carbocycles. The van der Waals surface area contributed by atoms with Crippen molar-refractivity contribution < 1.29 is 14.3 Å². The number of hydrogen-bond donors (Lipinski definition) is 0. The van der Waals surface area contributed by atoms with E-state index in [-0.39, 0.29) is 6.09 Å². The van der Waals surface area contributed by atoms with E-state index in [0.29, 0.717) is 19.1 Å². The Morgan fingerprint density at radius 2 is 1.87 bits per heavy atom. The number of aromatic nitrogens is 1. The number of hydrogen-bond acceptors (Lipinski definition) is 5. The molecule has 1 aliphatic heterocycles. The summed E-state index contributed by atoms with van der Waals surface area (Å²) >= 11 is 1.50. The van der Waals surface area contributed by atoms with Crippen molar-refractivity contribution >= 4 is 17.4 Å². The van der Waals surface area contributed by atoms with Crippen molar-refractivity contribution in [2.75, 3.05) is 19.7 Å². The van der Waals surface area contributed by atoms with Crippen molar-refractivity contribution in [3.05, 3.63) is 71.2 Å². The van der Waals surface area contributed by atoms with Gasteiger partial charge in [-0.15, -0.1) is 11.3 Å². The lowest BCUT2D eigenvalue weighted by Crippen LogP contribution is -2.39. The van der Waals surface area contributed by atoms with Crippen molar-refractivity contribution in [3.63, 3.8) is 0 Å². The third kappa shape index (κ3) is 5.60. The van der Waals surface area contributed by atoms with Gasteiger partial charge in [0.25, 0.3) is 0 Å². The molecule has 0 radical (unpaired) electrons. The summed E-state index contributed by atoms with van der Waals surface area (Å²) in [4.78, 5) is 19.0. The average Bonchev–Trinajstić information content (AvgIpc) is 3.32. The Balaban J connectivity index is 1.18. The van der Waals surface area contributed by atoms with Crippen LogP contribution in [0.15, 0.2) is 66.3 Å². The molecule has 6 heteroatoms. The van der Waals surface area contributed by atoms with Gasteiger partial charge >= 0.3 is 6.09 Å². The van der Waals surface area contributed by atoms with E-state index in [1.807, 2.05) is 35.2 Å². The minimum atomic E-state index is -0.226. The minimum Gasteiger partial charge on any atom is -0.494 e. The quantitative estimate of drug-likeness (QED) is 0.495. The Labute approximate surface area is 181 Å². The van der Waals surface area contributed by atoms with Crippen LogP contribution in [0.25, 0.3) is 11.1 Å². The largest absolute Gasteiger partial charge is 0.494 e. The molecule has 0 spiro atoms. The zero-order valence-electron chi connectivity index (χ0n) is 16.9. The molecule has 0 N–H and O–H groups in total. The van der Waals surface area contributed by atoms with Gasteiger partial charge in [0, 0.05) is 19.3 Å². The van der Waals surface area contributed by atoms with Gasteiger partial charge in [0.05, 0.1) is 17.0 Å². The van der Waals surface area contributed by atoms with Gasteiger partial charge in [-0.1, -0.05) is 42.5 Å². The van der Waals surface area contributed by atoms with Crippen LogP contribution < -0.4 is 4.74 Å². The van der Waals surface area contributed by atoms with Gasteiger partial charge in [-0.05, 0) is 48.4 Å². The van der Waals surface area contributed by atoms with Crippen LogP contribution >= 0.6 is 11.3 Å². The molecule has 1 saturated heterocycles. The summed E-state index contributed by atoms with van der Waals surface area (Å²) in [5.41, 5.74) is 4.10. The lowest BCUT2D eigenvalue weighted by atomic mass is 9.94. The standard InChI is InChI=1S/C24H26N2O3S/c27-24(29-17-23-16-25-18-30-23)26-12-9-19(10-13-26)11-14-28-22-8-4-7-21(15-22)20-5-2-1-3-6-20/h1-8,15-16,18-19H,9-14,17H2. The first kappa shape index (κ1) is 20.4. The monoisotopic (exact) mass is 422 g/mol. The van der Waals surface area contributed by atoms with Gasteiger partial charge in [-0.25, -0.2) is 4.79 Å². The van der Waals surface area contributed by atoms with Crippen LogP contribution in [0.5, 0.6) is 5.75 Å². The predicted octanol–water partition coefficient (Wildman–Crippen LogP) is 5.63. The first-order valence-electron chi connectivity index (χ1n) is 10.4. The maximum atomic E-state index is 12.2. The number of ether oxygens (including phenoxy) is 2. The molecule has 5 nitrogen and oxygen atoms in total. The zero-order chi connectivity index (χ0) is 20.6. The fraction of sp³-hybridized carbons (Fsp3) is 0.333. The van der Waals surface area contributed by atoms with E-state index >= 15 is 0 Å². The van der Waals surface area contributed by atoms with Gasteiger partial charge in [-0.3, -0.25) is 4.98 Å². The van der Waals surface area contributed by atoms with Gasteiger partial charge in [0.2, 0.25) is 0 Å². The van der Waals surface area contributed by atoms with Crippen molar-refractivity contribution in [2.24, 2.45) is 5.92 Å². The maximum Gasteiger partial charge on any atom is 0.410 e. The number of rotatable bonds is 7. The summed E-state index contributed by atoms with van der Waals surface area (Å²) in [6.07, 6.45) is 4.49. The molecule has 4 rings (SSSR count). The van der Waals surface area contributed by atoms with Gasteiger partial charge < -0.3 is 14.4 Å². The first-order valence-corrected chi connectivity index (χ1v) is 11.2. The Morgan fingerprint density at radius 1 is 1.07 bits per heavy atom. The SMILES string of the molecule is O=C(OCc1cncs1)N1CCC(CCOc2cccc(-c3ccccc3)c2)CC1. The van der Waals surface area contributed by atoms with Crippen LogP contribution in [0.4, 0.5) is 4.79 Å². The van der Waals surface area contributed by atoms with E-state index in [4.69, 9.17) is 9.47 Å². The van der Waals surface area contributed by atoms with Gasteiger partial charge in [0.15, 0.2) is 0 Å². The number of amides is 1. The van der Waals surface area contributed by atoms with Crippen LogP contribution in [0, 0.1) is 5.92 Å². The highest BCUT2D eigenvalue weighted by molar-refractivity contribution is 7.09. The Kier molecular flexibility index (Phi) is 6.98. The number of benzene rings is 2. The highest BCUT2D eigenvalue weighted by atomic mass is 32.1. The smallest absolute Gasteiger partial charge is 0.410 e. The molecule has 0 bridgehead atoms. The molecule has 0 aliphatic carbocycles. The summed E-state index contributed by atoms with van der Waals surface area (Å²) in [6.45, 7) is 2.49. The third-order valence-corrected chi connectivity index (χ3v) is 6.18. The van der Waals surface area contributed by atoms with Gasteiger partial charge in [0.1, 0.15) is 12.4 Å². The third-order valence-electron chi connectivity index (χ3n) is 5.43. The van der Waals surface area contributed by atoms with E-state index in [9.17, 15) is 4.79 Å². The zero-order valence-corrected chi connectivity index (χ0v) is 17.7. The second-order valence-electron chi connectivity index (χ2n) is 7.48. The molecule has 2 aromatic carbocycles. The predicted molar refractivity (Wildman–Crippen MR) is 119 cm³/mol. The molecular weight excluding hydrogens is 396 g/mol. The molecule has 1 aromatic heterocycles. The van der Waals surface area contributed by atoms with Crippen LogP contribution in [-0.2, 0) is 11.3 Å². The highest BCUT2D eigenvalue weighted by Gasteiger charge is 2.23. The molecular formula is C24H26N2O3S. The minimum absolute atomic E-state index is 0.226. The number of thiazole rings is 1. The summed E-state index contributed by atoms with van der Waals surface area (Å²) in [5, 5.41) is 0. The Bertz CT molecular complexity index is 923. The normalized spacial score (nSPS) is 14.5. The summed E-state index contributed by atoms with van der Waals surface area (Å²) in [6, 6.07) is 18.6. The summed E-state index contributed by atoms with van der Waals surface area (Å²) in [7, 11) is 0. The van der Waals surface area contributed by atoms with Gasteiger partial charge in [-0.2, -0.15) is 0 Å². The van der Waals surface area contributed by atoms with Crippen molar-refractivity contribution in [3.8, 4) is 16.9 Å². The number of nitrogens with zero attached hydrogens (tertiary/aromatic N) is 2. The fourth-order valence-corrected chi connectivity index (χ4v) is 4.19. The van der Waals surface area contributed by atoms with Crippen LogP contribution in [0.3, 0.4) is 0 Å². The number of likely N-dealkylation sites (tertiary alicyclic amines) is 1. The van der Waals surface area contributed by atoms with Crippen molar-refractivity contribution in [1.29, 1.82) is 0 Å². The Hall–Kier alpha value is -2.86. The molecule has 1 fully saturated rings. The molecule has 30 heavy (non-hydrogen) atoms. The highest BCUT2D eigenvalue weighted by Crippen LogP contribution is 2.25. The number of carbonyl (C=O) groups excluding carboxylic acids is 1. The molecule has 1 amide bonds. The fourth-order valence-electron chi connectivity index (χ4n) is 3.68. The Morgan fingerprint density at radius 3 is 2.63 bits per heavy atom. The van der Waals surface area contributed by atoms with Crippen molar-refractivity contribution in [2.45, 2.75) is 25.9 Å². The summed E-state index contributed by atoms with van der Waals surface area (Å²) in [5.74, 6) is 1.48. The van der Waals surface area contributed by atoms with Crippen LogP contribution in [0.1, 0.15) is 24.1 Å². The van der Waals surface area contributed by atoms with E-state index in [0.717, 1.165) is 43.0 Å². The van der Waals surface area contributed by atoms with E-state index in [1.54, 1.807) is 11.7 Å². The molecule has 0 unspecified atom stereocenters. The maximum absolute atomic E-state index is 12.2.